The molecule has 1 N–H and O–H groups in total. The van der Waals surface area contributed by atoms with Gasteiger partial charge in [0.15, 0.2) is 11.6 Å². The molecular weight excluding hydrogens is 407 g/mol. The number of halogens is 1. The first kappa shape index (κ1) is 19.8. The molecule has 30 heavy (non-hydrogen) atoms. The Hall–Kier alpha value is -3.52. The molecule has 1 saturated heterocycles. The number of carbonyl (C=O) groups is 2. The number of ketones is 1. The summed E-state index contributed by atoms with van der Waals surface area (Å²) in [5.41, 5.74) is 0.765. The van der Waals surface area contributed by atoms with E-state index in [9.17, 15) is 19.1 Å². The Kier molecular flexibility index (Phi) is 5.33. The van der Waals surface area contributed by atoms with Crippen molar-refractivity contribution < 1.29 is 23.8 Å². The zero-order chi connectivity index (χ0) is 21.3. The topological polar surface area (TPSA) is 79.7 Å². The summed E-state index contributed by atoms with van der Waals surface area (Å²) in [5, 5.41) is 12.7. The van der Waals surface area contributed by atoms with Gasteiger partial charge in [0.05, 0.1) is 18.7 Å². The van der Waals surface area contributed by atoms with E-state index in [1.54, 1.807) is 36.7 Å². The highest BCUT2D eigenvalue weighted by molar-refractivity contribution is 7.10. The summed E-state index contributed by atoms with van der Waals surface area (Å²) in [7, 11) is 1.33. The number of ether oxygens (including phenoxy) is 1. The lowest BCUT2D eigenvalue weighted by atomic mass is 9.99. The van der Waals surface area contributed by atoms with Gasteiger partial charge in [-0.1, -0.05) is 12.1 Å². The van der Waals surface area contributed by atoms with E-state index >= 15 is 0 Å². The van der Waals surface area contributed by atoms with Crippen LogP contribution in [0.25, 0.3) is 5.76 Å². The Balaban J connectivity index is 1.83. The molecule has 1 aliphatic rings. The molecule has 4 rings (SSSR count). The number of likely N-dealkylation sites (tertiary alicyclic amines) is 1. The second kappa shape index (κ2) is 8.08. The van der Waals surface area contributed by atoms with Gasteiger partial charge >= 0.3 is 0 Å². The van der Waals surface area contributed by atoms with Gasteiger partial charge in [0.25, 0.3) is 11.7 Å². The summed E-state index contributed by atoms with van der Waals surface area (Å²) in [6.45, 7) is 0.148. The van der Waals surface area contributed by atoms with Gasteiger partial charge < -0.3 is 14.7 Å². The first-order valence-corrected chi connectivity index (χ1v) is 9.94. The first-order valence-electron chi connectivity index (χ1n) is 9.06. The molecule has 1 aliphatic heterocycles. The summed E-state index contributed by atoms with van der Waals surface area (Å²) < 4.78 is 19.1. The molecule has 3 heterocycles. The fourth-order valence-electron chi connectivity index (χ4n) is 3.44. The largest absolute Gasteiger partial charge is 0.507 e. The lowest BCUT2D eigenvalue weighted by Crippen LogP contribution is -2.28. The molecule has 2 aromatic heterocycles. The normalized spacial score (nSPS) is 18.1. The molecule has 8 heteroatoms. The Morgan fingerprint density at radius 2 is 2.10 bits per heavy atom. The van der Waals surface area contributed by atoms with Crippen molar-refractivity contribution in [1.29, 1.82) is 0 Å². The van der Waals surface area contributed by atoms with E-state index in [4.69, 9.17) is 4.74 Å². The molecule has 1 amide bonds. The zero-order valence-electron chi connectivity index (χ0n) is 15.9. The molecule has 1 atom stereocenters. The van der Waals surface area contributed by atoms with Crippen LogP contribution in [0.3, 0.4) is 0 Å². The number of carbonyl (C=O) groups excluding carboxylic acids is 2. The fourth-order valence-corrected chi connectivity index (χ4v) is 4.29. The maximum absolute atomic E-state index is 14.2. The number of Topliss-reactive ketones (excluding diaryl/α,β-unsaturated/α-hetero) is 1. The molecular formula is C22H17FN2O4S. The molecule has 6 nitrogen and oxygen atoms in total. The van der Waals surface area contributed by atoms with Gasteiger partial charge in [-0.3, -0.25) is 14.6 Å². The predicted octanol–water partition coefficient (Wildman–Crippen LogP) is 3.91. The second-order valence-corrected chi connectivity index (χ2v) is 7.63. The summed E-state index contributed by atoms with van der Waals surface area (Å²) in [5.74, 6) is -2.64. The average molecular weight is 424 g/mol. The average Bonchev–Trinajstić information content (AvgIpc) is 3.37. The van der Waals surface area contributed by atoms with Crippen LogP contribution >= 0.6 is 11.3 Å². The van der Waals surface area contributed by atoms with E-state index in [1.165, 1.54) is 35.5 Å². The maximum atomic E-state index is 14.2. The number of hydrogen-bond acceptors (Lipinski definition) is 6. The number of aliphatic hydroxyl groups is 1. The Labute approximate surface area is 175 Å². The van der Waals surface area contributed by atoms with Gasteiger partial charge in [-0.2, -0.15) is 0 Å². The van der Waals surface area contributed by atoms with Gasteiger partial charge in [0, 0.05) is 29.4 Å². The van der Waals surface area contributed by atoms with E-state index in [-0.39, 0.29) is 23.4 Å². The number of hydrogen-bond donors (Lipinski definition) is 1. The number of methoxy groups -OCH3 is 1. The molecule has 0 bridgehead atoms. The van der Waals surface area contributed by atoms with Crippen LogP contribution in [0.15, 0.2) is 65.8 Å². The van der Waals surface area contributed by atoms with Crippen LogP contribution in [0, 0.1) is 5.82 Å². The van der Waals surface area contributed by atoms with Crippen LogP contribution in [0.5, 0.6) is 5.75 Å². The highest BCUT2D eigenvalue weighted by atomic mass is 32.1. The van der Waals surface area contributed by atoms with Gasteiger partial charge in [-0.15, -0.1) is 11.3 Å². The number of benzene rings is 1. The molecule has 3 aromatic rings. The predicted molar refractivity (Wildman–Crippen MR) is 109 cm³/mol. The van der Waals surface area contributed by atoms with E-state index < -0.39 is 29.3 Å². The molecule has 0 radical (unpaired) electrons. The number of aromatic nitrogens is 1. The van der Waals surface area contributed by atoms with E-state index in [2.05, 4.69) is 4.98 Å². The third-order valence-electron chi connectivity index (χ3n) is 4.85. The number of amides is 1. The highest BCUT2D eigenvalue weighted by Gasteiger charge is 2.46. The van der Waals surface area contributed by atoms with Gasteiger partial charge in [-0.25, -0.2) is 4.39 Å². The SMILES string of the molecule is COc1ccc(/C(O)=C2\C(=O)C(=O)N(Cc3cccnc3)C2c2cccs2)cc1F. The van der Waals surface area contributed by atoms with Crippen molar-refractivity contribution in [2.24, 2.45) is 0 Å². The fraction of sp³-hybridized carbons (Fsp3) is 0.136. The van der Waals surface area contributed by atoms with Crippen molar-refractivity contribution in [2.45, 2.75) is 12.6 Å². The summed E-state index contributed by atoms with van der Waals surface area (Å²) in [6.07, 6.45) is 3.23. The molecule has 0 aliphatic carbocycles. The van der Waals surface area contributed by atoms with Gasteiger partial charge in [-0.05, 0) is 41.3 Å². The quantitative estimate of drug-likeness (QED) is 0.382. The Morgan fingerprint density at radius 1 is 1.27 bits per heavy atom. The third kappa shape index (κ3) is 3.46. The van der Waals surface area contributed by atoms with Crippen LogP contribution in [0.2, 0.25) is 0 Å². The van der Waals surface area contributed by atoms with Gasteiger partial charge in [0.2, 0.25) is 0 Å². The maximum Gasteiger partial charge on any atom is 0.295 e. The van der Waals surface area contributed by atoms with Crippen molar-refractivity contribution in [3.05, 3.63) is 87.6 Å². The summed E-state index contributed by atoms with van der Waals surface area (Å²) in [6, 6.07) is 10.2. The van der Waals surface area contributed by atoms with E-state index in [1.807, 2.05) is 5.38 Å². The van der Waals surface area contributed by atoms with Gasteiger partial charge in [0.1, 0.15) is 5.76 Å². The minimum Gasteiger partial charge on any atom is -0.507 e. The molecule has 1 aromatic carbocycles. The van der Waals surface area contributed by atoms with Crippen molar-refractivity contribution in [3.63, 3.8) is 0 Å². The van der Waals surface area contributed by atoms with Crippen molar-refractivity contribution in [3.8, 4) is 5.75 Å². The molecule has 0 spiro atoms. The Morgan fingerprint density at radius 3 is 2.73 bits per heavy atom. The van der Waals surface area contributed by atoms with Crippen molar-refractivity contribution in [1.82, 2.24) is 9.88 Å². The minimum atomic E-state index is -0.814. The van der Waals surface area contributed by atoms with Crippen LogP contribution in [-0.2, 0) is 16.1 Å². The minimum absolute atomic E-state index is 0.0124. The monoisotopic (exact) mass is 424 g/mol. The standard InChI is InChI=1S/C22H17FN2O4S/c1-29-16-7-6-14(10-15(16)23)20(26)18-19(17-5-3-9-30-17)25(22(28)21(18)27)12-13-4-2-8-24-11-13/h2-11,19,26H,12H2,1H3/b20-18+. The lowest BCUT2D eigenvalue weighted by Gasteiger charge is -2.24. The molecule has 1 fully saturated rings. The summed E-state index contributed by atoms with van der Waals surface area (Å²) in [4.78, 5) is 31.9. The van der Waals surface area contributed by atoms with Crippen molar-refractivity contribution >= 4 is 28.8 Å². The number of rotatable bonds is 5. The zero-order valence-corrected chi connectivity index (χ0v) is 16.7. The number of pyridine rings is 1. The lowest BCUT2D eigenvalue weighted by molar-refractivity contribution is -0.140. The molecule has 0 saturated carbocycles. The molecule has 152 valence electrons. The number of nitrogens with zero attached hydrogens (tertiary/aromatic N) is 2. The summed E-state index contributed by atoms with van der Waals surface area (Å²) >= 11 is 1.36. The first-order chi connectivity index (χ1) is 14.5. The number of thiophene rings is 1. The number of aliphatic hydroxyl groups excluding tert-OH is 1. The highest BCUT2D eigenvalue weighted by Crippen LogP contribution is 2.42. The van der Waals surface area contributed by atoms with Crippen LogP contribution in [-0.4, -0.2) is 33.8 Å². The smallest absolute Gasteiger partial charge is 0.295 e. The van der Waals surface area contributed by atoms with Crippen LogP contribution in [0.4, 0.5) is 4.39 Å². The van der Waals surface area contributed by atoms with Crippen LogP contribution < -0.4 is 4.74 Å². The Bertz CT molecular complexity index is 1130. The molecule has 1 unspecified atom stereocenters. The van der Waals surface area contributed by atoms with E-state index in [0.717, 1.165) is 11.6 Å². The van der Waals surface area contributed by atoms with Crippen LogP contribution in [0.1, 0.15) is 22.0 Å². The third-order valence-corrected chi connectivity index (χ3v) is 5.78. The van der Waals surface area contributed by atoms with Crippen molar-refractivity contribution in [2.75, 3.05) is 7.11 Å². The van der Waals surface area contributed by atoms with E-state index in [0.29, 0.717) is 4.88 Å². The second-order valence-electron chi connectivity index (χ2n) is 6.65.